The fourth-order valence-electron chi connectivity index (χ4n) is 2.34. The van der Waals surface area contributed by atoms with E-state index < -0.39 is 0 Å². The Bertz CT molecular complexity index is 373. The average Bonchev–Trinajstić information content (AvgIpc) is 2.45. The van der Waals surface area contributed by atoms with Crippen molar-refractivity contribution in [3.63, 3.8) is 0 Å². The number of nitrogens with one attached hydrogen (secondary N) is 2. The van der Waals surface area contributed by atoms with Crippen molar-refractivity contribution in [3.05, 3.63) is 24.3 Å². The van der Waals surface area contributed by atoms with E-state index in [0.717, 1.165) is 43.6 Å². The minimum atomic E-state index is 0.553. The lowest BCUT2D eigenvalue weighted by Gasteiger charge is -2.24. The highest BCUT2D eigenvalue weighted by atomic mass is 16.5. The SMILES string of the molecule is CC(C)COc1ccccc1NCC1CCNCC1. The van der Waals surface area contributed by atoms with Gasteiger partial charge in [-0.1, -0.05) is 26.0 Å². The van der Waals surface area contributed by atoms with Crippen LogP contribution in [-0.4, -0.2) is 26.2 Å². The molecule has 1 saturated heterocycles. The molecule has 0 bridgehead atoms. The van der Waals surface area contributed by atoms with Crippen LogP contribution >= 0.6 is 0 Å². The molecular weight excluding hydrogens is 236 g/mol. The van der Waals surface area contributed by atoms with Crippen molar-refractivity contribution >= 4 is 5.69 Å². The van der Waals surface area contributed by atoms with E-state index in [9.17, 15) is 0 Å². The first kappa shape index (κ1) is 14.2. The Hall–Kier alpha value is -1.22. The van der Waals surface area contributed by atoms with Crippen molar-refractivity contribution in [2.24, 2.45) is 11.8 Å². The van der Waals surface area contributed by atoms with E-state index in [0.29, 0.717) is 5.92 Å². The maximum Gasteiger partial charge on any atom is 0.142 e. The van der Waals surface area contributed by atoms with Gasteiger partial charge in [-0.25, -0.2) is 0 Å². The molecule has 0 saturated carbocycles. The number of rotatable bonds is 6. The van der Waals surface area contributed by atoms with Crippen molar-refractivity contribution in [3.8, 4) is 5.75 Å². The Kier molecular flexibility index (Phi) is 5.52. The number of hydrogen-bond acceptors (Lipinski definition) is 3. The first-order chi connectivity index (χ1) is 9.25. The van der Waals surface area contributed by atoms with Crippen molar-refractivity contribution in [1.29, 1.82) is 0 Å². The molecule has 0 aliphatic carbocycles. The third-order valence-electron chi connectivity index (χ3n) is 3.50. The van der Waals surface area contributed by atoms with Crippen molar-refractivity contribution < 1.29 is 4.74 Å². The lowest BCUT2D eigenvalue weighted by Crippen LogP contribution is -2.31. The fourth-order valence-corrected chi connectivity index (χ4v) is 2.34. The van der Waals surface area contributed by atoms with Crippen LogP contribution in [-0.2, 0) is 0 Å². The number of para-hydroxylation sites is 2. The van der Waals surface area contributed by atoms with E-state index in [1.54, 1.807) is 0 Å². The number of anilines is 1. The predicted molar refractivity (Wildman–Crippen MR) is 80.9 cm³/mol. The fraction of sp³-hybridized carbons (Fsp3) is 0.625. The predicted octanol–water partition coefficient (Wildman–Crippen LogP) is 3.13. The van der Waals surface area contributed by atoms with Gasteiger partial charge in [0.05, 0.1) is 12.3 Å². The summed E-state index contributed by atoms with van der Waals surface area (Å²) in [7, 11) is 0. The largest absolute Gasteiger partial charge is 0.491 e. The summed E-state index contributed by atoms with van der Waals surface area (Å²) >= 11 is 0. The van der Waals surface area contributed by atoms with Gasteiger partial charge < -0.3 is 15.4 Å². The van der Waals surface area contributed by atoms with E-state index in [-0.39, 0.29) is 0 Å². The maximum atomic E-state index is 5.86. The van der Waals surface area contributed by atoms with Gasteiger partial charge >= 0.3 is 0 Å². The molecule has 1 heterocycles. The normalized spacial score (nSPS) is 16.6. The van der Waals surface area contributed by atoms with Crippen LogP contribution in [0.25, 0.3) is 0 Å². The molecule has 2 N–H and O–H groups in total. The van der Waals surface area contributed by atoms with E-state index in [4.69, 9.17) is 4.74 Å². The summed E-state index contributed by atoms with van der Waals surface area (Å²) in [5.74, 6) is 2.31. The Morgan fingerprint density at radius 2 is 2.00 bits per heavy atom. The molecule has 1 aliphatic rings. The summed E-state index contributed by atoms with van der Waals surface area (Å²) in [6, 6.07) is 8.25. The second-order valence-electron chi connectivity index (χ2n) is 5.78. The summed E-state index contributed by atoms with van der Waals surface area (Å²) in [4.78, 5) is 0. The number of benzene rings is 1. The molecule has 0 unspecified atom stereocenters. The molecule has 1 fully saturated rings. The maximum absolute atomic E-state index is 5.86. The highest BCUT2D eigenvalue weighted by molar-refractivity contribution is 5.56. The molecule has 0 aromatic heterocycles. The van der Waals surface area contributed by atoms with Crippen molar-refractivity contribution in [2.75, 3.05) is 31.6 Å². The Labute approximate surface area is 116 Å². The first-order valence-corrected chi connectivity index (χ1v) is 7.42. The minimum absolute atomic E-state index is 0.553. The molecule has 2 rings (SSSR count). The topological polar surface area (TPSA) is 33.3 Å². The second kappa shape index (κ2) is 7.39. The number of hydrogen-bond donors (Lipinski definition) is 2. The van der Waals surface area contributed by atoms with Crippen LogP contribution in [0.15, 0.2) is 24.3 Å². The molecule has 1 aromatic rings. The Morgan fingerprint density at radius 3 is 2.74 bits per heavy atom. The molecule has 1 aliphatic heterocycles. The minimum Gasteiger partial charge on any atom is -0.491 e. The summed E-state index contributed by atoms with van der Waals surface area (Å²) < 4.78 is 5.86. The van der Waals surface area contributed by atoms with E-state index in [2.05, 4.69) is 36.6 Å². The first-order valence-electron chi connectivity index (χ1n) is 7.42. The van der Waals surface area contributed by atoms with E-state index in [1.807, 2.05) is 12.1 Å². The van der Waals surface area contributed by atoms with E-state index in [1.165, 1.54) is 12.8 Å². The smallest absolute Gasteiger partial charge is 0.142 e. The van der Waals surface area contributed by atoms with Gasteiger partial charge in [0.2, 0.25) is 0 Å². The molecule has 3 nitrogen and oxygen atoms in total. The zero-order valence-electron chi connectivity index (χ0n) is 12.1. The standard InChI is InChI=1S/C16H26N2O/c1-13(2)12-19-16-6-4-3-5-15(16)18-11-14-7-9-17-10-8-14/h3-6,13-14,17-18H,7-12H2,1-2H3. The van der Waals surface area contributed by atoms with Crippen molar-refractivity contribution in [2.45, 2.75) is 26.7 Å². The highest BCUT2D eigenvalue weighted by Crippen LogP contribution is 2.25. The lowest BCUT2D eigenvalue weighted by atomic mass is 9.98. The Morgan fingerprint density at radius 1 is 1.26 bits per heavy atom. The molecular formula is C16H26N2O. The van der Waals surface area contributed by atoms with Gasteiger partial charge in [-0.2, -0.15) is 0 Å². The molecule has 0 spiro atoms. The third-order valence-corrected chi connectivity index (χ3v) is 3.50. The number of piperidine rings is 1. The third kappa shape index (κ3) is 4.75. The Balaban J connectivity index is 1.87. The zero-order chi connectivity index (χ0) is 13.5. The quantitative estimate of drug-likeness (QED) is 0.826. The van der Waals surface area contributed by atoms with Gasteiger partial charge in [-0.15, -0.1) is 0 Å². The van der Waals surface area contributed by atoms with Crippen LogP contribution in [0.1, 0.15) is 26.7 Å². The van der Waals surface area contributed by atoms with Crippen molar-refractivity contribution in [1.82, 2.24) is 5.32 Å². The van der Waals surface area contributed by atoms with Crippen LogP contribution in [0, 0.1) is 11.8 Å². The molecule has 3 heteroatoms. The average molecular weight is 262 g/mol. The summed E-state index contributed by atoms with van der Waals surface area (Å²) in [6.07, 6.45) is 2.53. The van der Waals surface area contributed by atoms with Gasteiger partial charge in [0.1, 0.15) is 5.75 Å². The van der Waals surface area contributed by atoms with Crippen LogP contribution in [0.3, 0.4) is 0 Å². The van der Waals surface area contributed by atoms with Gasteiger partial charge in [-0.05, 0) is 49.9 Å². The number of ether oxygens (including phenoxy) is 1. The summed E-state index contributed by atoms with van der Waals surface area (Å²) in [5.41, 5.74) is 1.13. The molecule has 106 valence electrons. The highest BCUT2D eigenvalue weighted by Gasteiger charge is 2.13. The second-order valence-corrected chi connectivity index (χ2v) is 5.78. The van der Waals surface area contributed by atoms with Gasteiger partial charge in [0.15, 0.2) is 0 Å². The lowest BCUT2D eigenvalue weighted by molar-refractivity contribution is 0.272. The summed E-state index contributed by atoms with van der Waals surface area (Å²) in [6.45, 7) is 8.46. The monoisotopic (exact) mass is 262 g/mol. The van der Waals surface area contributed by atoms with Crippen LogP contribution < -0.4 is 15.4 Å². The molecule has 0 atom stereocenters. The van der Waals surface area contributed by atoms with Crippen LogP contribution in [0.5, 0.6) is 5.75 Å². The van der Waals surface area contributed by atoms with Gasteiger partial charge in [0, 0.05) is 6.54 Å². The van der Waals surface area contributed by atoms with Gasteiger partial charge in [0.25, 0.3) is 0 Å². The zero-order valence-corrected chi connectivity index (χ0v) is 12.1. The molecule has 0 amide bonds. The van der Waals surface area contributed by atoms with E-state index >= 15 is 0 Å². The summed E-state index contributed by atoms with van der Waals surface area (Å²) in [5, 5.41) is 6.96. The molecule has 0 radical (unpaired) electrons. The molecule has 19 heavy (non-hydrogen) atoms. The molecule has 1 aromatic carbocycles. The van der Waals surface area contributed by atoms with Crippen LogP contribution in [0.2, 0.25) is 0 Å². The van der Waals surface area contributed by atoms with Gasteiger partial charge in [-0.3, -0.25) is 0 Å². The van der Waals surface area contributed by atoms with Crippen LogP contribution in [0.4, 0.5) is 5.69 Å².